The fourth-order valence-electron chi connectivity index (χ4n) is 3.55. The lowest BCUT2D eigenvalue weighted by molar-refractivity contribution is 0.415. The molecule has 0 radical (unpaired) electrons. The summed E-state index contributed by atoms with van der Waals surface area (Å²) in [5.74, 6) is 0.617. The predicted molar refractivity (Wildman–Crippen MR) is 107 cm³/mol. The first-order valence-corrected chi connectivity index (χ1v) is 8.92. The van der Waals surface area contributed by atoms with E-state index in [-0.39, 0.29) is 5.82 Å². The van der Waals surface area contributed by atoms with E-state index in [0.717, 1.165) is 33.6 Å². The lowest BCUT2D eigenvalue weighted by Crippen LogP contribution is -2.05. The zero-order valence-corrected chi connectivity index (χ0v) is 15.7. The molecular weight excluding hydrogens is 339 g/mol. The molecule has 0 amide bonds. The molecule has 0 atom stereocenters. The Balaban J connectivity index is 1.93. The molecule has 136 valence electrons. The largest absolute Gasteiger partial charge is 0.497 e. The molecule has 0 saturated carbocycles. The fraction of sp³-hybridized carbons (Fsp3) is 0.174. The van der Waals surface area contributed by atoms with Crippen LogP contribution in [-0.2, 0) is 6.54 Å². The van der Waals surface area contributed by atoms with E-state index in [1.165, 1.54) is 11.6 Å². The maximum atomic E-state index is 14.3. The minimum Gasteiger partial charge on any atom is -0.497 e. The van der Waals surface area contributed by atoms with E-state index in [2.05, 4.69) is 23.4 Å². The monoisotopic (exact) mass is 360 g/mol. The van der Waals surface area contributed by atoms with Gasteiger partial charge in [-0.25, -0.2) is 4.39 Å². The fourth-order valence-corrected chi connectivity index (χ4v) is 3.55. The first kappa shape index (κ1) is 17.3. The summed E-state index contributed by atoms with van der Waals surface area (Å²) >= 11 is 0. The third-order valence-corrected chi connectivity index (χ3v) is 5.20. The second-order valence-corrected chi connectivity index (χ2v) is 6.67. The van der Waals surface area contributed by atoms with Crippen LogP contribution in [0.3, 0.4) is 0 Å². The molecule has 4 aromatic rings. The summed E-state index contributed by atoms with van der Waals surface area (Å²) in [7, 11) is 1.65. The Morgan fingerprint density at radius 3 is 2.44 bits per heavy atom. The minimum absolute atomic E-state index is 0.189. The highest BCUT2D eigenvalue weighted by Gasteiger charge is 2.17. The van der Waals surface area contributed by atoms with E-state index in [1.807, 2.05) is 48.7 Å². The molecule has 3 nitrogen and oxygen atoms in total. The Bertz CT molecular complexity index is 1110. The number of benzene rings is 2. The summed E-state index contributed by atoms with van der Waals surface area (Å²) in [5.41, 5.74) is 5.91. The topological polar surface area (TPSA) is 27.1 Å². The van der Waals surface area contributed by atoms with Gasteiger partial charge in [0.05, 0.1) is 24.9 Å². The molecule has 0 saturated heterocycles. The number of rotatable bonds is 4. The summed E-state index contributed by atoms with van der Waals surface area (Å²) in [6, 6.07) is 16.8. The normalized spacial score (nSPS) is 11.1. The van der Waals surface area contributed by atoms with Crippen molar-refractivity contribution in [1.29, 1.82) is 0 Å². The number of fused-ring (bicyclic) bond motifs is 1. The first-order valence-electron chi connectivity index (χ1n) is 8.92. The number of nitrogens with zero attached hydrogens (tertiary/aromatic N) is 2. The van der Waals surface area contributed by atoms with Crippen LogP contribution >= 0.6 is 0 Å². The molecule has 0 bridgehead atoms. The lowest BCUT2D eigenvalue weighted by atomic mass is 10.1. The zero-order valence-electron chi connectivity index (χ0n) is 15.7. The first-order chi connectivity index (χ1) is 13.1. The van der Waals surface area contributed by atoms with Crippen molar-refractivity contribution in [2.45, 2.75) is 20.4 Å². The van der Waals surface area contributed by atoms with E-state index in [9.17, 15) is 4.39 Å². The molecule has 0 N–H and O–H groups in total. The van der Waals surface area contributed by atoms with Gasteiger partial charge in [-0.05, 0) is 55.8 Å². The van der Waals surface area contributed by atoms with Gasteiger partial charge in [-0.3, -0.25) is 4.98 Å². The van der Waals surface area contributed by atoms with Crippen LogP contribution in [0.25, 0.3) is 22.2 Å². The van der Waals surface area contributed by atoms with Gasteiger partial charge >= 0.3 is 0 Å². The van der Waals surface area contributed by atoms with E-state index in [4.69, 9.17) is 4.74 Å². The van der Waals surface area contributed by atoms with Crippen LogP contribution in [0, 0.1) is 19.7 Å². The second-order valence-electron chi connectivity index (χ2n) is 6.67. The zero-order chi connectivity index (χ0) is 19.0. The van der Waals surface area contributed by atoms with Crippen LogP contribution in [0.1, 0.15) is 16.8 Å². The van der Waals surface area contributed by atoms with Crippen molar-refractivity contribution in [3.8, 4) is 17.0 Å². The van der Waals surface area contributed by atoms with Gasteiger partial charge in [0.2, 0.25) is 0 Å². The maximum absolute atomic E-state index is 14.3. The van der Waals surface area contributed by atoms with E-state index in [1.54, 1.807) is 13.2 Å². The number of hydrogen-bond donors (Lipinski definition) is 0. The van der Waals surface area contributed by atoms with E-state index >= 15 is 0 Å². The summed E-state index contributed by atoms with van der Waals surface area (Å²) in [6.07, 6.45) is 1.84. The van der Waals surface area contributed by atoms with Crippen LogP contribution in [0.5, 0.6) is 5.75 Å². The molecule has 4 rings (SSSR count). The summed E-state index contributed by atoms with van der Waals surface area (Å²) in [5, 5.41) is 1.14. The lowest BCUT2D eigenvalue weighted by Gasteiger charge is -2.12. The van der Waals surface area contributed by atoms with Gasteiger partial charge in [-0.15, -0.1) is 0 Å². The van der Waals surface area contributed by atoms with Gasteiger partial charge in [-0.1, -0.05) is 18.2 Å². The van der Waals surface area contributed by atoms with Crippen molar-refractivity contribution < 1.29 is 9.13 Å². The second kappa shape index (κ2) is 6.88. The van der Waals surface area contributed by atoms with Crippen molar-refractivity contribution in [2.75, 3.05) is 7.11 Å². The van der Waals surface area contributed by atoms with Crippen LogP contribution in [0.2, 0.25) is 0 Å². The Labute approximate surface area is 158 Å². The van der Waals surface area contributed by atoms with Crippen molar-refractivity contribution in [3.05, 3.63) is 83.4 Å². The third kappa shape index (κ3) is 2.97. The predicted octanol–water partition coefficient (Wildman–Crippen LogP) is 5.52. The Morgan fingerprint density at radius 2 is 1.74 bits per heavy atom. The molecule has 4 heteroatoms. The number of hydrogen-bond acceptors (Lipinski definition) is 2. The minimum atomic E-state index is -0.189. The molecule has 0 spiro atoms. The Kier molecular flexibility index (Phi) is 4.40. The van der Waals surface area contributed by atoms with E-state index < -0.39 is 0 Å². The van der Waals surface area contributed by atoms with Gasteiger partial charge in [-0.2, -0.15) is 0 Å². The third-order valence-electron chi connectivity index (χ3n) is 5.20. The molecule has 2 aromatic heterocycles. The summed E-state index contributed by atoms with van der Waals surface area (Å²) in [6.45, 7) is 4.65. The van der Waals surface area contributed by atoms with Gasteiger partial charge in [0.15, 0.2) is 0 Å². The Morgan fingerprint density at radius 1 is 1.00 bits per heavy atom. The molecule has 0 aliphatic carbocycles. The Hall–Kier alpha value is -3.14. The number of pyridine rings is 1. The molecule has 0 unspecified atom stereocenters. The summed E-state index contributed by atoms with van der Waals surface area (Å²) in [4.78, 5) is 4.66. The molecule has 2 aromatic carbocycles. The quantitative estimate of drug-likeness (QED) is 0.479. The van der Waals surface area contributed by atoms with Crippen molar-refractivity contribution in [2.24, 2.45) is 0 Å². The maximum Gasteiger partial charge on any atom is 0.128 e. The number of aromatic nitrogens is 2. The highest BCUT2D eigenvalue weighted by atomic mass is 19.1. The van der Waals surface area contributed by atoms with Gasteiger partial charge in [0.25, 0.3) is 0 Å². The van der Waals surface area contributed by atoms with Gasteiger partial charge in [0, 0.05) is 28.4 Å². The van der Waals surface area contributed by atoms with Crippen LogP contribution in [0.4, 0.5) is 4.39 Å². The molecule has 0 aliphatic rings. The van der Waals surface area contributed by atoms with Crippen molar-refractivity contribution in [1.82, 2.24) is 9.55 Å². The molecule has 2 heterocycles. The molecule has 27 heavy (non-hydrogen) atoms. The average Bonchev–Trinajstić information content (AvgIpc) is 2.95. The van der Waals surface area contributed by atoms with Crippen LogP contribution < -0.4 is 4.74 Å². The molecule has 0 aliphatic heterocycles. The van der Waals surface area contributed by atoms with Crippen LogP contribution in [0.15, 0.2) is 60.8 Å². The van der Waals surface area contributed by atoms with Crippen molar-refractivity contribution in [3.63, 3.8) is 0 Å². The van der Waals surface area contributed by atoms with Crippen molar-refractivity contribution >= 4 is 10.9 Å². The van der Waals surface area contributed by atoms with Gasteiger partial charge < -0.3 is 9.30 Å². The summed E-state index contributed by atoms with van der Waals surface area (Å²) < 4.78 is 21.7. The molecule has 0 fully saturated rings. The number of aryl methyl sites for hydroxylation is 1. The van der Waals surface area contributed by atoms with Crippen LogP contribution in [-0.4, -0.2) is 16.7 Å². The highest BCUT2D eigenvalue weighted by molar-refractivity contribution is 5.95. The van der Waals surface area contributed by atoms with E-state index in [0.29, 0.717) is 12.1 Å². The standard InChI is InChI=1S/C23H21FN2O/c1-15-16(2)26(14-18-6-4-5-7-21(18)24)23-20(15)12-13-25-22(23)17-8-10-19(27-3)11-9-17/h4-13H,14H2,1-3H3. The number of ether oxygens (including phenoxy) is 1. The SMILES string of the molecule is COc1ccc(-c2nccc3c(C)c(C)n(Cc4ccccc4F)c23)cc1. The van der Waals surface area contributed by atoms with Gasteiger partial charge in [0.1, 0.15) is 11.6 Å². The molecular formula is C23H21FN2O. The number of methoxy groups -OCH3 is 1. The average molecular weight is 360 g/mol. The smallest absolute Gasteiger partial charge is 0.128 e. The highest BCUT2D eigenvalue weighted by Crippen LogP contribution is 2.33. The number of halogens is 1.